The molecule has 0 fully saturated rings. The van der Waals surface area contributed by atoms with Crippen molar-refractivity contribution in [2.24, 2.45) is 0 Å². The molecule has 42 heavy (non-hydrogen) atoms. The van der Waals surface area contributed by atoms with Gasteiger partial charge in [-0.3, -0.25) is 0 Å². The molecule has 3 aromatic heterocycles. The zero-order valence-corrected chi connectivity index (χ0v) is 26.4. The summed E-state index contributed by atoms with van der Waals surface area (Å²) in [5.41, 5.74) is 11.9. The van der Waals surface area contributed by atoms with E-state index in [-0.39, 0.29) is 20.1 Å². The second kappa shape index (κ2) is 11.1. The van der Waals surface area contributed by atoms with Gasteiger partial charge >= 0.3 is 0 Å². The Morgan fingerprint density at radius 3 is 2.17 bits per heavy atom. The molecule has 3 nitrogen and oxygen atoms in total. The Hall–Kier alpha value is -4.37. The van der Waals surface area contributed by atoms with Crippen LogP contribution in [0.15, 0.2) is 103 Å². The van der Waals surface area contributed by atoms with Crippen molar-refractivity contribution in [3.8, 4) is 16.9 Å². The van der Waals surface area contributed by atoms with Gasteiger partial charge in [-0.15, -0.1) is 65.0 Å². The number of pyridine rings is 2. The van der Waals surface area contributed by atoms with E-state index in [1.165, 1.54) is 60.5 Å². The predicted octanol–water partition coefficient (Wildman–Crippen LogP) is 9.50. The Morgan fingerprint density at radius 2 is 1.43 bits per heavy atom. The molecule has 0 amide bonds. The average molecular weight is 720 g/mol. The number of aromatic nitrogens is 3. The number of nitrogens with zero attached hydrogens (tertiary/aromatic N) is 3. The van der Waals surface area contributed by atoms with Crippen LogP contribution in [-0.4, -0.2) is 14.5 Å². The zero-order chi connectivity index (χ0) is 28.1. The van der Waals surface area contributed by atoms with E-state index in [0.29, 0.717) is 0 Å². The smallest absolute Gasteiger partial charge is 0.0531 e. The Kier molecular flexibility index (Phi) is 7.36. The Bertz CT molecular complexity index is 2120. The summed E-state index contributed by atoms with van der Waals surface area (Å²) in [6, 6.07) is 38.0. The van der Waals surface area contributed by atoms with E-state index in [0.717, 1.165) is 22.2 Å². The molecular weight excluding hydrogens is 691 g/mol. The molecule has 0 spiro atoms. The first-order valence-corrected chi connectivity index (χ1v) is 13.9. The average Bonchev–Trinajstić information content (AvgIpc) is 3.32. The maximum Gasteiger partial charge on any atom is 0.0531 e. The van der Waals surface area contributed by atoms with E-state index in [9.17, 15) is 0 Å². The van der Waals surface area contributed by atoms with Crippen LogP contribution in [0.1, 0.15) is 22.3 Å². The number of hydrogen-bond donors (Lipinski definition) is 0. The molecular formula is C38H29IrN3-2. The van der Waals surface area contributed by atoms with Crippen LogP contribution in [0.2, 0.25) is 0 Å². The number of hydrogen-bond acceptors (Lipinski definition) is 2. The van der Waals surface area contributed by atoms with Crippen LogP contribution in [0.3, 0.4) is 0 Å². The van der Waals surface area contributed by atoms with Crippen molar-refractivity contribution in [1.82, 2.24) is 14.5 Å². The molecule has 4 heteroatoms. The second-order valence-electron chi connectivity index (χ2n) is 10.8. The first-order chi connectivity index (χ1) is 20.0. The van der Waals surface area contributed by atoms with Crippen LogP contribution in [-0.2, 0) is 20.1 Å². The molecule has 0 atom stereocenters. The van der Waals surface area contributed by atoms with E-state index in [4.69, 9.17) is 4.98 Å². The second-order valence-corrected chi connectivity index (χ2v) is 10.8. The number of benzene rings is 5. The Balaban J connectivity index is 0.000000205. The molecule has 3 heterocycles. The third-order valence-corrected chi connectivity index (χ3v) is 7.82. The van der Waals surface area contributed by atoms with E-state index in [1.807, 2.05) is 48.7 Å². The Labute approximate surface area is 259 Å². The van der Waals surface area contributed by atoms with Gasteiger partial charge in [0, 0.05) is 38.0 Å². The fraction of sp³-hybridized carbons (Fsp3) is 0.105. The van der Waals surface area contributed by atoms with Crippen LogP contribution >= 0.6 is 0 Å². The topological polar surface area (TPSA) is 30.7 Å². The van der Waals surface area contributed by atoms with Gasteiger partial charge in [0.2, 0.25) is 0 Å². The summed E-state index contributed by atoms with van der Waals surface area (Å²) in [5, 5.41) is 6.17. The van der Waals surface area contributed by atoms with Gasteiger partial charge in [-0.05, 0) is 72.1 Å². The summed E-state index contributed by atoms with van der Waals surface area (Å²) < 4.78 is 2.43. The van der Waals surface area contributed by atoms with Crippen LogP contribution in [0.25, 0.3) is 60.4 Å². The van der Waals surface area contributed by atoms with Crippen molar-refractivity contribution >= 4 is 43.5 Å². The van der Waals surface area contributed by atoms with Crippen molar-refractivity contribution < 1.29 is 20.1 Å². The maximum atomic E-state index is 4.81. The van der Waals surface area contributed by atoms with Crippen LogP contribution < -0.4 is 0 Å². The monoisotopic (exact) mass is 720 g/mol. The van der Waals surface area contributed by atoms with Crippen LogP contribution in [0.4, 0.5) is 0 Å². The minimum atomic E-state index is 0. The van der Waals surface area contributed by atoms with Gasteiger partial charge < -0.3 is 14.5 Å². The molecule has 0 unspecified atom stereocenters. The summed E-state index contributed by atoms with van der Waals surface area (Å²) in [5.74, 6) is 0. The molecule has 5 aromatic carbocycles. The molecule has 8 rings (SSSR count). The minimum absolute atomic E-state index is 0. The summed E-state index contributed by atoms with van der Waals surface area (Å²) in [6.07, 6.45) is 3.73. The minimum Gasteiger partial charge on any atom is -0.309 e. The largest absolute Gasteiger partial charge is 0.309 e. The summed E-state index contributed by atoms with van der Waals surface area (Å²) in [7, 11) is 0. The normalized spacial score (nSPS) is 11.1. The zero-order valence-electron chi connectivity index (χ0n) is 24.0. The molecule has 0 aliphatic heterocycles. The first-order valence-electron chi connectivity index (χ1n) is 13.9. The third kappa shape index (κ3) is 4.58. The van der Waals surface area contributed by atoms with E-state index in [2.05, 4.69) is 97.9 Å². The summed E-state index contributed by atoms with van der Waals surface area (Å²) in [6.45, 7) is 8.72. The van der Waals surface area contributed by atoms with Crippen LogP contribution in [0, 0.1) is 39.8 Å². The number of fused-ring (bicyclic) bond motifs is 3. The first kappa shape index (κ1) is 27.8. The van der Waals surface area contributed by atoms with Gasteiger partial charge in [0.05, 0.1) is 11.2 Å². The quantitative estimate of drug-likeness (QED) is 0.132. The van der Waals surface area contributed by atoms with E-state index in [1.54, 1.807) is 6.20 Å². The Morgan fingerprint density at radius 1 is 0.643 bits per heavy atom. The fourth-order valence-electron chi connectivity index (χ4n) is 6.27. The van der Waals surface area contributed by atoms with Gasteiger partial charge in [0.25, 0.3) is 0 Å². The molecule has 0 bridgehead atoms. The molecule has 0 aliphatic carbocycles. The van der Waals surface area contributed by atoms with Crippen molar-refractivity contribution in [3.63, 3.8) is 0 Å². The van der Waals surface area contributed by atoms with Crippen molar-refractivity contribution in [1.29, 1.82) is 0 Å². The van der Waals surface area contributed by atoms with Crippen molar-refractivity contribution in [3.05, 3.63) is 138 Å². The van der Waals surface area contributed by atoms with Gasteiger partial charge in [0.15, 0.2) is 0 Å². The summed E-state index contributed by atoms with van der Waals surface area (Å²) in [4.78, 5) is 9.03. The van der Waals surface area contributed by atoms with Gasteiger partial charge in [-0.1, -0.05) is 59.7 Å². The van der Waals surface area contributed by atoms with Gasteiger partial charge in [0.1, 0.15) is 0 Å². The van der Waals surface area contributed by atoms with Crippen molar-refractivity contribution in [2.45, 2.75) is 27.7 Å². The SMILES string of the molecule is Cc1cc(C)c(-n2c3cccc4c5cc(C)c[c-]c5c5nccc2c5c43)c(C)c1.[Ir].[c-]1ccccc1-c1ccccn1. The molecule has 207 valence electrons. The third-order valence-electron chi connectivity index (χ3n) is 7.82. The van der Waals surface area contributed by atoms with Gasteiger partial charge in [-0.2, -0.15) is 0 Å². The molecule has 8 aromatic rings. The van der Waals surface area contributed by atoms with Crippen molar-refractivity contribution in [2.75, 3.05) is 0 Å². The summed E-state index contributed by atoms with van der Waals surface area (Å²) >= 11 is 0. The van der Waals surface area contributed by atoms with E-state index >= 15 is 0 Å². The fourth-order valence-corrected chi connectivity index (χ4v) is 6.27. The maximum absolute atomic E-state index is 4.81. The molecule has 0 N–H and O–H groups in total. The standard InChI is InChI=1S/C27H21N2.C11H8N.Ir/c1-15-8-9-20-21(14-15)19-6-5-7-22-24(19)25-23(10-11-28-26(20)25)29(22)27-17(3)12-16(2)13-18(27)4;1-2-6-10(7-3-1)11-8-4-5-9-12-11;/h5-8,10-14H,1-4H3;1-6,8-9H;/q2*-1;. The molecule has 0 saturated carbocycles. The van der Waals surface area contributed by atoms with Crippen LogP contribution in [0.5, 0.6) is 0 Å². The number of rotatable bonds is 2. The number of aryl methyl sites for hydroxylation is 4. The van der Waals surface area contributed by atoms with Gasteiger partial charge in [-0.25, -0.2) is 0 Å². The molecule has 0 aliphatic rings. The predicted molar refractivity (Wildman–Crippen MR) is 171 cm³/mol. The molecule has 0 saturated heterocycles. The molecule has 1 radical (unpaired) electrons. The van der Waals surface area contributed by atoms with E-state index < -0.39 is 0 Å².